The average Bonchev–Trinajstić information content (AvgIpc) is 3.11. The highest BCUT2D eigenvalue weighted by molar-refractivity contribution is 7.92. The minimum absolute atomic E-state index is 0.173. The van der Waals surface area contributed by atoms with Crippen molar-refractivity contribution >= 4 is 21.4 Å². The van der Waals surface area contributed by atoms with Crippen LogP contribution in [-0.4, -0.2) is 24.2 Å². The van der Waals surface area contributed by atoms with Crippen molar-refractivity contribution in [3.63, 3.8) is 0 Å². The molecule has 0 amide bonds. The normalized spacial score (nSPS) is 12.1. The molecule has 0 unspecified atom stereocenters. The molecule has 0 atom stereocenters. The predicted octanol–water partition coefficient (Wildman–Crippen LogP) is 4.70. The quantitative estimate of drug-likeness (QED) is 0.495. The molecule has 0 aliphatic rings. The SMILES string of the molecule is O=S(=O)(Nc1cccc(-c2cn3ccccc3n2)c1)c1ccccc1OC(F)(F)F. The summed E-state index contributed by atoms with van der Waals surface area (Å²) in [6, 6.07) is 16.5. The molecular weight excluding hydrogens is 419 g/mol. The minimum atomic E-state index is -5.02. The lowest BCUT2D eigenvalue weighted by molar-refractivity contribution is -0.275. The van der Waals surface area contributed by atoms with Gasteiger partial charge < -0.3 is 9.14 Å². The Morgan fingerprint density at radius 2 is 1.73 bits per heavy atom. The Bertz CT molecular complexity index is 1280. The number of fused-ring (bicyclic) bond motifs is 1. The molecule has 0 saturated heterocycles. The number of halogens is 3. The summed E-state index contributed by atoms with van der Waals surface area (Å²) in [7, 11) is -4.34. The van der Waals surface area contributed by atoms with E-state index in [1.165, 1.54) is 18.2 Å². The smallest absolute Gasteiger partial charge is 0.404 e. The third kappa shape index (κ3) is 4.23. The predicted molar refractivity (Wildman–Crippen MR) is 105 cm³/mol. The maximum atomic E-state index is 12.7. The van der Waals surface area contributed by atoms with Crippen molar-refractivity contribution in [1.29, 1.82) is 0 Å². The minimum Gasteiger partial charge on any atom is -0.404 e. The van der Waals surface area contributed by atoms with Crippen LogP contribution in [0.1, 0.15) is 0 Å². The number of anilines is 1. The van der Waals surface area contributed by atoms with Gasteiger partial charge in [0.2, 0.25) is 0 Å². The van der Waals surface area contributed by atoms with E-state index in [9.17, 15) is 21.6 Å². The number of nitrogens with zero attached hydrogens (tertiary/aromatic N) is 2. The van der Waals surface area contributed by atoms with Crippen LogP contribution in [0.25, 0.3) is 16.9 Å². The molecule has 0 aliphatic heterocycles. The van der Waals surface area contributed by atoms with Crippen LogP contribution in [0.4, 0.5) is 18.9 Å². The third-order valence-electron chi connectivity index (χ3n) is 4.14. The zero-order chi connectivity index (χ0) is 21.4. The highest BCUT2D eigenvalue weighted by Crippen LogP contribution is 2.31. The Morgan fingerprint density at radius 1 is 0.967 bits per heavy atom. The Kier molecular flexibility index (Phi) is 4.86. The number of para-hydroxylation sites is 1. The number of aromatic nitrogens is 2. The number of nitrogens with one attached hydrogen (secondary N) is 1. The van der Waals surface area contributed by atoms with Crippen molar-refractivity contribution < 1.29 is 26.3 Å². The molecule has 0 aliphatic carbocycles. The molecule has 0 saturated carbocycles. The number of imidazole rings is 1. The van der Waals surface area contributed by atoms with E-state index in [-0.39, 0.29) is 5.69 Å². The number of hydrogen-bond donors (Lipinski definition) is 1. The number of sulfonamides is 1. The van der Waals surface area contributed by atoms with E-state index in [2.05, 4.69) is 14.4 Å². The topological polar surface area (TPSA) is 72.7 Å². The van der Waals surface area contributed by atoms with Gasteiger partial charge in [0.1, 0.15) is 16.3 Å². The highest BCUT2D eigenvalue weighted by Gasteiger charge is 2.34. The molecule has 30 heavy (non-hydrogen) atoms. The van der Waals surface area contributed by atoms with Crippen LogP contribution in [0, 0.1) is 0 Å². The molecule has 4 aromatic rings. The fraction of sp³-hybridized carbons (Fsp3) is 0.0500. The van der Waals surface area contributed by atoms with Gasteiger partial charge in [-0.25, -0.2) is 13.4 Å². The van der Waals surface area contributed by atoms with E-state index >= 15 is 0 Å². The standard InChI is InChI=1S/C20H14F3N3O3S/c21-20(22,23)29-17-8-1-2-9-18(17)30(27,28)25-15-7-5-6-14(12-15)16-13-26-11-4-3-10-19(26)24-16/h1-13,25H. The number of ether oxygens (including phenoxy) is 1. The molecule has 0 spiro atoms. The molecule has 1 N–H and O–H groups in total. The van der Waals surface area contributed by atoms with Crippen LogP contribution in [0.2, 0.25) is 0 Å². The average molecular weight is 433 g/mol. The van der Waals surface area contributed by atoms with Crippen LogP contribution in [0.15, 0.2) is 84.0 Å². The van der Waals surface area contributed by atoms with Crippen molar-refractivity contribution in [3.8, 4) is 17.0 Å². The van der Waals surface area contributed by atoms with Gasteiger partial charge >= 0.3 is 6.36 Å². The van der Waals surface area contributed by atoms with Gasteiger partial charge in [0.05, 0.1) is 5.69 Å². The molecule has 154 valence electrons. The van der Waals surface area contributed by atoms with Gasteiger partial charge in [0.15, 0.2) is 0 Å². The fourth-order valence-electron chi connectivity index (χ4n) is 2.91. The molecule has 6 nitrogen and oxygen atoms in total. The molecule has 0 radical (unpaired) electrons. The van der Waals surface area contributed by atoms with Crippen LogP contribution < -0.4 is 9.46 Å². The summed E-state index contributed by atoms with van der Waals surface area (Å²) in [5.41, 5.74) is 2.14. The molecule has 10 heteroatoms. The number of alkyl halides is 3. The maximum Gasteiger partial charge on any atom is 0.573 e. The first-order valence-corrected chi connectivity index (χ1v) is 10.1. The summed E-state index contributed by atoms with van der Waals surface area (Å²) in [5.74, 6) is -0.811. The van der Waals surface area contributed by atoms with Crippen molar-refractivity contribution in [2.24, 2.45) is 0 Å². The Balaban J connectivity index is 1.66. The van der Waals surface area contributed by atoms with E-state index < -0.39 is 27.0 Å². The summed E-state index contributed by atoms with van der Waals surface area (Å²) in [6.07, 6.45) is -1.40. The van der Waals surface area contributed by atoms with E-state index in [1.807, 2.05) is 28.8 Å². The summed E-state index contributed by atoms with van der Waals surface area (Å²) in [4.78, 5) is 3.85. The first kappa shape index (κ1) is 19.8. The first-order valence-electron chi connectivity index (χ1n) is 8.63. The lowest BCUT2D eigenvalue weighted by Crippen LogP contribution is -2.20. The van der Waals surface area contributed by atoms with Gasteiger partial charge in [0.25, 0.3) is 10.0 Å². The van der Waals surface area contributed by atoms with Gasteiger partial charge in [-0.3, -0.25) is 4.72 Å². The highest BCUT2D eigenvalue weighted by atomic mass is 32.2. The van der Waals surface area contributed by atoms with Crippen LogP contribution in [0.3, 0.4) is 0 Å². The van der Waals surface area contributed by atoms with Crippen LogP contribution in [0.5, 0.6) is 5.75 Å². The molecule has 2 aromatic heterocycles. The summed E-state index contributed by atoms with van der Waals surface area (Å²) < 4.78 is 71.3. The zero-order valence-corrected chi connectivity index (χ0v) is 16.0. The molecular formula is C20H14F3N3O3S. The fourth-order valence-corrected chi connectivity index (χ4v) is 4.09. The number of hydrogen-bond acceptors (Lipinski definition) is 4. The van der Waals surface area contributed by atoms with Crippen LogP contribution >= 0.6 is 0 Å². The lowest BCUT2D eigenvalue weighted by atomic mass is 10.1. The second-order valence-corrected chi connectivity index (χ2v) is 7.92. The zero-order valence-electron chi connectivity index (χ0n) is 15.2. The van der Waals surface area contributed by atoms with E-state index in [0.717, 1.165) is 17.8 Å². The van der Waals surface area contributed by atoms with Crippen LogP contribution in [-0.2, 0) is 10.0 Å². The van der Waals surface area contributed by atoms with E-state index in [1.54, 1.807) is 24.4 Å². The summed E-state index contributed by atoms with van der Waals surface area (Å²) in [5, 5.41) is 0. The largest absolute Gasteiger partial charge is 0.573 e. The molecule has 0 fully saturated rings. The lowest BCUT2D eigenvalue weighted by Gasteiger charge is -2.14. The molecule has 2 aromatic carbocycles. The Labute approximate surface area is 169 Å². The van der Waals surface area contributed by atoms with E-state index in [4.69, 9.17) is 0 Å². The molecule has 4 rings (SSSR count). The summed E-state index contributed by atoms with van der Waals surface area (Å²) in [6.45, 7) is 0. The monoisotopic (exact) mass is 433 g/mol. The molecule has 0 bridgehead atoms. The van der Waals surface area contributed by atoms with Crippen molar-refractivity contribution in [2.45, 2.75) is 11.3 Å². The van der Waals surface area contributed by atoms with Gasteiger partial charge in [0, 0.05) is 23.6 Å². The third-order valence-corrected chi connectivity index (χ3v) is 5.56. The number of pyridine rings is 1. The van der Waals surface area contributed by atoms with E-state index in [0.29, 0.717) is 11.3 Å². The maximum absolute atomic E-state index is 12.7. The van der Waals surface area contributed by atoms with Crippen molar-refractivity contribution in [2.75, 3.05) is 4.72 Å². The Hall–Kier alpha value is -3.53. The molecule has 2 heterocycles. The van der Waals surface area contributed by atoms with Gasteiger partial charge in [-0.2, -0.15) is 0 Å². The number of benzene rings is 2. The van der Waals surface area contributed by atoms with Crippen molar-refractivity contribution in [1.82, 2.24) is 9.38 Å². The van der Waals surface area contributed by atoms with Crippen molar-refractivity contribution in [3.05, 3.63) is 79.1 Å². The summed E-state index contributed by atoms with van der Waals surface area (Å²) >= 11 is 0. The Morgan fingerprint density at radius 3 is 2.50 bits per heavy atom. The number of rotatable bonds is 5. The second kappa shape index (κ2) is 7.38. The second-order valence-electron chi connectivity index (χ2n) is 6.27. The van der Waals surface area contributed by atoms with Gasteiger partial charge in [-0.05, 0) is 36.4 Å². The van der Waals surface area contributed by atoms with Gasteiger partial charge in [-0.15, -0.1) is 13.2 Å². The first-order chi connectivity index (χ1) is 14.2. The van der Waals surface area contributed by atoms with Gasteiger partial charge in [-0.1, -0.05) is 30.3 Å².